The Morgan fingerprint density at radius 1 is 1.27 bits per heavy atom. The highest BCUT2D eigenvalue weighted by atomic mass is 19.4. The van der Waals surface area contributed by atoms with Crippen LogP contribution < -0.4 is 5.73 Å². The number of allylic oxidation sites excluding steroid dienone is 1. The van der Waals surface area contributed by atoms with Crippen molar-refractivity contribution in [1.82, 2.24) is 4.98 Å². The van der Waals surface area contributed by atoms with E-state index in [4.69, 9.17) is 5.73 Å². The first-order chi connectivity index (χ1) is 10.3. The molecular weight excluding hydrogens is 295 g/mol. The molecule has 4 nitrogen and oxygen atoms in total. The second-order valence-electron chi connectivity index (χ2n) is 4.47. The minimum atomic E-state index is -4.81. The number of Topliss-reactive ketones (excluding diaryl/α,β-unsaturated/α-hetero) is 1. The van der Waals surface area contributed by atoms with E-state index < -0.39 is 23.2 Å². The Bertz CT molecular complexity index is 774. The number of carbonyl (C=O) groups is 1. The summed E-state index contributed by atoms with van der Waals surface area (Å²) in [4.78, 5) is 18.9. The maximum absolute atomic E-state index is 13.2. The zero-order valence-corrected chi connectivity index (χ0v) is 11.6. The largest absolute Gasteiger partial charge is 0.434 e. The van der Waals surface area contributed by atoms with Crippen LogP contribution >= 0.6 is 0 Å². The van der Waals surface area contributed by atoms with Crippen LogP contribution in [-0.4, -0.2) is 22.7 Å². The Hall–Kier alpha value is -2.70. The third-order valence-electron chi connectivity index (χ3n) is 2.95. The standard InChI is InChI=1S/C15H12F3N3O/c1-9(22)12(6-19)14(15(16,17)18)21-13-8-20-7-10-4-2-3-5-11(10)13/h2-8H,19H2,1H3. The SMILES string of the molecule is CC(=O)C(=CN)C(=Nc1cncc2ccccc12)C(F)(F)F. The summed E-state index contributed by atoms with van der Waals surface area (Å²) in [5.74, 6) is -0.813. The van der Waals surface area contributed by atoms with E-state index in [1.54, 1.807) is 24.3 Å². The Balaban J connectivity index is 2.70. The molecule has 0 atom stereocenters. The monoisotopic (exact) mass is 307 g/mol. The van der Waals surface area contributed by atoms with Crippen molar-refractivity contribution in [3.8, 4) is 0 Å². The van der Waals surface area contributed by atoms with Crippen molar-refractivity contribution in [2.45, 2.75) is 13.1 Å². The number of rotatable bonds is 3. The second-order valence-corrected chi connectivity index (χ2v) is 4.47. The van der Waals surface area contributed by atoms with E-state index >= 15 is 0 Å². The molecule has 0 unspecified atom stereocenters. The molecule has 0 aliphatic heterocycles. The number of fused-ring (bicyclic) bond motifs is 1. The molecule has 1 aromatic carbocycles. The molecule has 0 saturated heterocycles. The zero-order valence-electron chi connectivity index (χ0n) is 11.6. The molecule has 1 heterocycles. The van der Waals surface area contributed by atoms with Crippen molar-refractivity contribution in [2.24, 2.45) is 10.7 Å². The van der Waals surface area contributed by atoms with Gasteiger partial charge in [0.15, 0.2) is 11.5 Å². The Morgan fingerprint density at radius 3 is 2.55 bits per heavy atom. The van der Waals surface area contributed by atoms with E-state index in [9.17, 15) is 18.0 Å². The zero-order chi connectivity index (χ0) is 16.3. The van der Waals surface area contributed by atoms with E-state index in [2.05, 4.69) is 9.98 Å². The average Bonchev–Trinajstić information content (AvgIpc) is 2.46. The summed E-state index contributed by atoms with van der Waals surface area (Å²) in [5.41, 5.74) is 3.16. The first kappa shape index (κ1) is 15.7. The average molecular weight is 307 g/mol. The highest BCUT2D eigenvalue weighted by molar-refractivity contribution is 6.24. The number of hydrogen-bond donors (Lipinski definition) is 1. The normalized spacial score (nSPS) is 13.5. The van der Waals surface area contributed by atoms with E-state index in [-0.39, 0.29) is 5.69 Å². The molecule has 1 aromatic heterocycles. The molecule has 0 spiro atoms. The number of aromatic nitrogens is 1. The molecule has 0 bridgehead atoms. The van der Waals surface area contributed by atoms with Crippen molar-refractivity contribution >= 4 is 28.0 Å². The second kappa shape index (κ2) is 5.97. The van der Waals surface area contributed by atoms with Gasteiger partial charge in [-0.15, -0.1) is 0 Å². The first-order valence-corrected chi connectivity index (χ1v) is 6.26. The van der Waals surface area contributed by atoms with Gasteiger partial charge in [-0.1, -0.05) is 24.3 Å². The molecule has 22 heavy (non-hydrogen) atoms. The molecule has 2 aromatic rings. The molecule has 114 valence electrons. The maximum atomic E-state index is 13.2. The van der Waals surface area contributed by atoms with Gasteiger partial charge in [0.1, 0.15) is 0 Å². The number of aliphatic imine (C=N–C) groups is 1. The summed E-state index contributed by atoms with van der Waals surface area (Å²) < 4.78 is 39.6. The van der Waals surface area contributed by atoms with Gasteiger partial charge < -0.3 is 5.73 Å². The number of benzene rings is 1. The Labute approximate surface area is 124 Å². The quantitative estimate of drug-likeness (QED) is 0.698. The lowest BCUT2D eigenvalue weighted by atomic mass is 10.1. The molecule has 0 saturated carbocycles. The summed E-state index contributed by atoms with van der Waals surface area (Å²) in [6.07, 6.45) is -1.46. The predicted molar refractivity (Wildman–Crippen MR) is 77.8 cm³/mol. The number of alkyl halides is 3. The smallest absolute Gasteiger partial charge is 0.404 e. The number of hydrogen-bond acceptors (Lipinski definition) is 4. The fourth-order valence-electron chi connectivity index (χ4n) is 1.95. The van der Waals surface area contributed by atoms with Gasteiger partial charge in [-0.2, -0.15) is 13.2 Å². The van der Waals surface area contributed by atoms with Crippen molar-refractivity contribution in [3.63, 3.8) is 0 Å². The van der Waals surface area contributed by atoms with Crippen LogP contribution in [0.25, 0.3) is 10.8 Å². The molecule has 7 heteroatoms. The summed E-state index contributed by atoms with van der Waals surface area (Å²) in [6.45, 7) is 1.00. The summed E-state index contributed by atoms with van der Waals surface area (Å²) in [6, 6.07) is 6.75. The van der Waals surface area contributed by atoms with Crippen LogP contribution in [0.3, 0.4) is 0 Å². The van der Waals surface area contributed by atoms with Crippen molar-refractivity contribution in [3.05, 3.63) is 48.4 Å². The molecule has 0 radical (unpaired) electrons. The fourth-order valence-corrected chi connectivity index (χ4v) is 1.95. The predicted octanol–water partition coefficient (Wildman–Crippen LogP) is 3.30. The van der Waals surface area contributed by atoms with Crippen LogP contribution in [-0.2, 0) is 4.79 Å². The number of carbonyl (C=O) groups excluding carboxylic acids is 1. The lowest BCUT2D eigenvalue weighted by molar-refractivity contribution is -0.113. The molecular formula is C15H12F3N3O. The minimum Gasteiger partial charge on any atom is -0.404 e. The maximum Gasteiger partial charge on any atom is 0.434 e. The number of ketones is 1. The van der Waals surface area contributed by atoms with Crippen molar-refractivity contribution in [2.75, 3.05) is 0 Å². The lowest BCUT2D eigenvalue weighted by Gasteiger charge is -2.12. The van der Waals surface area contributed by atoms with Gasteiger partial charge in [0.25, 0.3) is 0 Å². The Morgan fingerprint density at radius 2 is 1.95 bits per heavy atom. The van der Waals surface area contributed by atoms with Gasteiger partial charge in [-0.3, -0.25) is 9.78 Å². The van der Waals surface area contributed by atoms with Gasteiger partial charge in [0.2, 0.25) is 0 Å². The minimum absolute atomic E-state index is 0.0195. The highest BCUT2D eigenvalue weighted by Gasteiger charge is 2.39. The Kier molecular flexibility index (Phi) is 4.25. The number of pyridine rings is 1. The van der Waals surface area contributed by atoms with E-state index in [0.717, 1.165) is 6.92 Å². The van der Waals surface area contributed by atoms with Crippen LogP contribution in [0.2, 0.25) is 0 Å². The molecule has 2 rings (SSSR count). The van der Waals surface area contributed by atoms with Gasteiger partial charge in [0.05, 0.1) is 17.5 Å². The molecule has 2 N–H and O–H groups in total. The van der Waals surface area contributed by atoms with Gasteiger partial charge in [0, 0.05) is 23.2 Å². The molecule has 0 aliphatic rings. The fraction of sp³-hybridized carbons (Fsp3) is 0.133. The van der Waals surface area contributed by atoms with Gasteiger partial charge in [-0.05, 0) is 6.92 Å². The molecule has 0 amide bonds. The summed E-state index contributed by atoms with van der Waals surface area (Å²) in [5, 5.41) is 1.14. The van der Waals surface area contributed by atoms with Gasteiger partial charge >= 0.3 is 6.18 Å². The number of nitrogens with two attached hydrogens (primary N) is 1. The summed E-state index contributed by atoms with van der Waals surface area (Å²) in [7, 11) is 0. The van der Waals surface area contributed by atoms with Crippen LogP contribution in [0.15, 0.2) is 53.4 Å². The van der Waals surface area contributed by atoms with E-state index in [1.807, 2.05) is 0 Å². The molecule has 0 aliphatic carbocycles. The van der Waals surface area contributed by atoms with Gasteiger partial charge in [-0.25, -0.2) is 4.99 Å². The van der Waals surface area contributed by atoms with Crippen LogP contribution in [0.1, 0.15) is 6.92 Å². The van der Waals surface area contributed by atoms with E-state index in [0.29, 0.717) is 17.0 Å². The van der Waals surface area contributed by atoms with Crippen molar-refractivity contribution in [1.29, 1.82) is 0 Å². The first-order valence-electron chi connectivity index (χ1n) is 6.26. The van der Waals surface area contributed by atoms with Crippen LogP contribution in [0.4, 0.5) is 18.9 Å². The van der Waals surface area contributed by atoms with E-state index in [1.165, 1.54) is 12.4 Å². The number of halogens is 3. The summed E-state index contributed by atoms with van der Waals surface area (Å²) >= 11 is 0. The van der Waals surface area contributed by atoms with Crippen molar-refractivity contribution < 1.29 is 18.0 Å². The topological polar surface area (TPSA) is 68.3 Å². The van der Waals surface area contributed by atoms with Crippen LogP contribution in [0.5, 0.6) is 0 Å². The molecule has 0 fully saturated rings. The third-order valence-corrected chi connectivity index (χ3v) is 2.95. The lowest BCUT2D eigenvalue weighted by Crippen LogP contribution is -2.28. The third kappa shape index (κ3) is 3.13. The highest BCUT2D eigenvalue weighted by Crippen LogP contribution is 2.29. The number of nitrogens with zero attached hydrogens (tertiary/aromatic N) is 2. The van der Waals surface area contributed by atoms with Crippen LogP contribution in [0, 0.1) is 0 Å².